The number of piperazine rings is 3. The molecule has 12 aromatic rings. The lowest BCUT2D eigenvalue weighted by Crippen LogP contribution is -2.47. The molecule has 0 bridgehead atoms. The quantitative estimate of drug-likeness (QED) is 0.0369. The average Bonchev–Trinajstić information content (AvgIpc) is 1.64. The first-order valence-electron chi connectivity index (χ1n) is 51.0. The molecular formula is C104H134N24O14. The molecule has 38 nitrogen and oxygen atoms in total. The van der Waals surface area contributed by atoms with Crippen molar-refractivity contribution in [2.45, 2.75) is 205 Å². The van der Waals surface area contributed by atoms with E-state index >= 15 is 0 Å². The maximum absolute atomic E-state index is 12.8. The summed E-state index contributed by atoms with van der Waals surface area (Å²) in [6, 6.07) is 49.6. The molecular weight excluding hydrogens is 1810 g/mol. The van der Waals surface area contributed by atoms with Crippen LogP contribution in [0, 0.1) is 17.8 Å². The van der Waals surface area contributed by atoms with Crippen LogP contribution in [0.3, 0.4) is 0 Å². The summed E-state index contributed by atoms with van der Waals surface area (Å²) in [7, 11) is 0. The Balaban J connectivity index is 0.000000135. The second-order valence-electron chi connectivity index (χ2n) is 38.7. The van der Waals surface area contributed by atoms with Crippen molar-refractivity contribution in [1.29, 1.82) is 0 Å². The van der Waals surface area contributed by atoms with Gasteiger partial charge in [0.05, 0.1) is 92.2 Å². The van der Waals surface area contributed by atoms with E-state index in [0.717, 1.165) is 193 Å². The van der Waals surface area contributed by atoms with E-state index in [2.05, 4.69) is 162 Å². The van der Waals surface area contributed by atoms with Crippen molar-refractivity contribution in [2.24, 2.45) is 17.8 Å². The Bertz CT molecular complexity index is 5900. The van der Waals surface area contributed by atoms with Gasteiger partial charge in [-0.15, -0.1) is 0 Å². The van der Waals surface area contributed by atoms with E-state index in [1.54, 1.807) is 98.3 Å². The van der Waals surface area contributed by atoms with Crippen molar-refractivity contribution in [1.82, 2.24) is 88.0 Å². The van der Waals surface area contributed by atoms with Crippen LogP contribution < -0.4 is 60.7 Å². The minimum Gasteiger partial charge on any atom is -0.491 e. The van der Waals surface area contributed by atoms with Crippen molar-refractivity contribution in [3.63, 3.8) is 0 Å². The Morgan fingerprint density at radius 2 is 0.585 bits per heavy atom. The van der Waals surface area contributed by atoms with Crippen LogP contribution in [-0.4, -0.2) is 261 Å². The van der Waals surface area contributed by atoms with Crippen LogP contribution in [-0.2, 0) is 57.6 Å². The Hall–Kier alpha value is -12.9. The highest BCUT2D eigenvalue weighted by atomic mass is 16.8. The number of hydrogen-bond acceptors (Lipinski definition) is 29. The number of anilines is 6. The first kappa shape index (κ1) is 98.0. The third-order valence-electron chi connectivity index (χ3n) is 29.6. The van der Waals surface area contributed by atoms with Gasteiger partial charge in [0.15, 0.2) is 17.4 Å². The minimum absolute atomic E-state index is 0.0368. The molecule has 10 unspecified atom stereocenters. The largest absolute Gasteiger partial charge is 0.491 e. The van der Waals surface area contributed by atoms with Gasteiger partial charge in [0.1, 0.15) is 99.8 Å². The van der Waals surface area contributed by atoms with E-state index in [4.69, 9.17) is 47.4 Å². The van der Waals surface area contributed by atoms with Gasteiger partial charge in [0, 0.05) is 156 Å². The summed E-state index contributed by atoms with van der Waals surface area (Å²) in [5.41, 5.74) is 9.12. The number of carbonyl (C=O) groups excluding carboxylic acids is 1. The molecule has 7 aliphatic heterocycles. The molecule has 10 atom stereocenters. The molecule has 7 saturated heterocycles. The summed E-state index contributed by atoms with van der Waals surface area (Å²) in [6.45, 7) is 28.3. The number of carbonyl (C=O) groups is 1. The average molecular weight is 1940 g/mol. The summed E-state index contributed by atoms with van der Waals surface area (Å²) in [6.07, 6.45) is 27.3. The molecule has 0 radical (unpaired) electrons. The van der Waals surface area contributed by atoms with Gasteiger partial charge in [0.2, 0.25) is 0 Å². The fourth-order valence-corrected chi connectivity index (χ4v) is 20.8. The highest BCUT2D eigenvalue weighted by Gasteiger charge is 2.53. The molecule has 9 aliphatic rings. The molecule has 21 rings (SSSR count). The number of hydrogen-bond donors (Lipinski definition) is 0. The van der Waals surface area contributed by atoms with E-state index in [1.165, 1.54) is 30.6 Å². The lowest BCUT2D eigenvalue weighted by atomic mass is 9.82. The molecule has 9 fully saturated rings. The Morgan fingerprint density at radius 1 is 0.324 bits per heavy atom. The lowest BCUT2D eigenvalue weighted by Gasteiger charge is -2.37. The predicted octanol–water partition coefficient (Wildman–Crippen LogP) is 12.1. The molecule has 13 heterocycles. The van der Waals surface area contributed by atoms with Crippen molar-refractivity contribution < 1.29 is 52.2 Å². The Kier molecular flexibility index (Phi) is 31.2. The van der Waals surface area contributed by atoms with Gasteiger partial charge in [-0.2, -0.15) is 60.3 Å². The number of Topliss-reactive ketones (excluding diaryl/α,β-unsaturated/α-hetero) is 1. The maximum Gasteiger partial charge on any atom is 0.350 e. The number of benzene rings is 6. The third-order valence-corrected chi connectivity index (χ3v) is 29.6. The van der Waals surface area contributed by atoms with Crippen molar-refractivity contribution in [2.75, 3.05) is 161 Å². The van der Waals surface area contributed by atoms with E-state index < -0.39 is 17.4 Å². The van der Waals surface area contributed by atoms with Gasteiger partial charge in [-0.25, -0.2) is 42.1 Å². The monoisotopic (exact) mass is 1940 g/mol. The zero-order valence-electron chi connectivity index (χ0n) is 82.4. The Labute approximate surface area is 826 Å². The molecule has 142 heavy (non-hydrogen) atoms. The van der Waals surface area contributed by atoms with Crippen molar-refractivity contribution in [3.05, 3.63) is 233 Å². The van der Waals surface area contributed by atoms with E-state index in [0.29, 0.717) is 91.2 Å². The lowest BCUT2D eigenvalue weighted by molar-refractivity contribution is -0.231. The third kappa shape index (κ3) is 22.8. The normalized spacial score (nSPS) is 23.2. The minimum atomic E-state index is -0.937. The van der Waals surface area contributed by atoms with Crippen molar-refractivity contribution in [3.8, 4) is 34.3 Å². The van der Waals surface area contributed by atoms with Crippen LogP contribution in [0.15, 0.2) is 216 Å². The molecule has 754 valence electrons. The van der Waals surface area contributed by atoms with Gasteiger partial charge in [-0.05, 0) is 224 Å². The van der Waals surface area contributed by atoms with Crippen LogP contribution >= 0.6 is 0 Å². The topological polar surface area (TPSA) is 340 Å². The summed E-state index contributed by atoms with van der Waals surface area (Å²) >= 11 is 0. The van der Waals surface area contributed by atoms with Gasteiger partial charge in [-0.1, -0.05) is 40.0 Å². The highest BCUT2D eigenvalue weighted by molar-refractivity contribution is 5.79. The van der Waals surface area contributed by atoms with Gasteiger partial charge < -0.3 is 76.8 Å². The van der Waals surface area contributed by atoms with E-state index in [-0.39, 0.29) is 71.1 Å². The first-order valence-corrected chi connectivity index (χ1v) is 51.0. The van der Waals surface area contributed by atoms with Gasteiger partial charge in [0.25, 0.3) is 0 Å². The number of ether oxygens (including phenoxy) is 10. The summed E-state index contributed by atoms with van der Waals surface area (Å²) in [5, 5.41) is 38.7. The second kappa shape index (κ2) is 45.2. The fourth-order valence-electron chi connectivity index (χ4n) is 20.8. The smallest absolute Gasteiger partial charge is 0.350 e. The summed E-state index contributed by atoms with van der Waals surface area (Å²) < 4.78 is 72.3. The number of nitrogens with zero attached hydrogens (tertiary/aromatic N) is 24. The maximum atomic E-state index is 12.8. The number of ketones is 1. The fraction of sp³-hybridized carbons (Fsp3) is 0.529. The SMILES string of the molecule is CCC(C)n1ncn(-c2ccc(N3CCN(c4ccc(OCC5COC(Cn6nccn6)(C6CCCC(=O)C6)O5)cc4)CC3)cc2)c1=O.CCC(C)n1ncn(-c2ccc(N3CCN(c4ccc(OCC5COC(Cn6nccn6)(C6CCCCC6)O5)cc4)CC3)cc2)c1=O.CCC(C)n1ncn(-c2ccc(N3CCN(c4ccc(OCC5COC(Cn6nccn6)(C6CCOCC6)O5)cc4)CC3)cc2)c1=O. The zero-order chi connectivity index (χ0) is 97.5. The summed E-state index contributed by atoms with van der Waals surface area (Å²) in [4.78, 5) is 69.9. The summed E-state index contributed by atoms with van der Waals surface area (Å²) in [5.74, 6) is 0.761. The van der Waals surface area contributed by atoms with Crippen LogP contribution in [0.2, 0.25) is 0 Å². The molecule has 0 N–H and O–H groups in total. The molecule has 0 amide bonds. The van der Waals surface area contributed by atoms with Crippen LogP contribution in [0.25, 0.3) is 17.1 Å². The predicted molar refractivity (Wildman–Crippen MR) is 535 cm³/mol. The Morgan fingerprint density at radius 3 is 0.866 bits per heavy atom. The zero-order valence-corrected chi connectivity index (χ0v) is 82.4. The number of rotatable bonds is 33. The van der Waals surface area contributed by atoms with Gasteiger partial charge in [-0.3, -0.25) is 4.79 Å². The van der Waals surface area contributed by atoms with Crippen LogP contribution in [0.1, 0.15) is 150 Å². The number of aromatic nitrogens is 18. The van der Waals surface area contributed by atoms with Crippen LogP contribution in [0.4, 0.5) is 34.1 Å². The highest BCUT2D eigenvalue weighted by Crippen LogP contribution is 2.45. The van der Waals surface area contributed by atoms with Crippen LogP contribution in [0.5, 0.6) is 17.2 Å². The molecule has 2 aliphatic carbocycles. The first-order chi connectivity index (χ1) is 69.4. The van der Waals surface area contributed by atoms with E-state index in [9.17, 15) is 19.2 Å². The molecule has 6 aromatic carbocycles. The molecule has 6 aromatic heterocycles. The molecule has 0 spiro atoms. The van der Waals surface area contributed by atoms with Gasteiger partial charge >= 0.3 is 17.1 Å². The molecule has 2 saturated carbocycles. The standard InChI is InChI=1S/C35H44N8O5.C35H46N8O4.C34H44N8O5/c1-3-26(2)43-34(45)41(25-38-43)30-9-7-28(8-10-30)39-17-19-40(20-18-39)29-11-13-32(14-12-29)46-22-33-23-47-35(48-33,24-42-36-15-16-37-42)27-5-4-6-31(44)21-27;1-3-27(2)43-34(44)41(26-38-43)31-11-9-29(10-12-31)39-19-21-40(22-20-39)30-13-15-32(16-14-30)45-23-33-24-46-35(47-33,25-42-36-17-18-37-42)28-7-5-4-6-8-28;1-3-26(2)42-33(43)40(25-37-42)30-6-4-28(5-7-30)38-16-18-39(19-17-38)29-8-10-31(11-9-29)45-22-32-23-46-34(47-32,24-41-35-14-15-36-41)27-12-20-44-21-13-27/h7-16,25-27,33H,3-6,17-24H2,1-2H3;9-18,26-28,33H,3-8,19-25H2,1-2H3;4-11,14-15,25-27,32H,3,12-13,16-24H2,1-2H3. The molecule has 38 heteroatoms. The van der Waals surface area contributed by atoms with Crippen molar-refractivity contribution >= 4 is 39.9 Å². The van der Waals surface area contributed by atoms with E-state index in [1.807, 2.05) is 100 Å². The second-order valence-corrected chi connectivity index (χ2v) is 38.7.